The fourth-order valence-electron chi connectivity index (χ4n) is 3.80. The summed E-state index contributed by atoms with van der Waals surface area (Å²) in [6.07, 6.45) is 4.78. The van der Waals surface area contributed by atoms with Crippen molar-refractivity contribution in [3.8, 4) is 0 Å². The molecule has 3 aliphatic rings. The molecule has 0 N–H and O–H groups in total. The first-order chi connectivity index (χ1) is 11.2. The highest BCUT2D eigenvalue weighted by Crippen LogP contribution is 2.38. The number of ether oxygens (including phenoxy) is 2. The number of hydrogen-bond donors (Lipinski definition) is 0. The molecule has 0 unspecified atom stereocenters. The number of hydrogen-bond acceptors (Lipinski definition) is 4. The van der Waals surface area contributed by atoms with Crippen LogP contribution in [0.25, 0.3) is 0 Å². The van der Waals surface area contributed by atoms with Gasteiger partial charge in [-0.05, 0) is 23.7 Å². The van der Waals surface area contributed by atoms with Gasteiger partial charge in [-0.25, -0.2) is 9.98 Å². The van der Waals surface area contributed by atoms with Gasteiger partial charge in [0.15, 0.2) is 11.8 Å². The van der Waals surface area contributed by atoms with E-state index in [4.69, 9.17) is 19.5 Å². The Kier molecular flexibility index (Phi) is 4.69. The summed E-state index contributed by atoms with van der Waals surface area (Å²) in [6, 6.07) is 0.535. The minimum Gasteiger partial charge on any atom is -0.478 e. The molecule has 1 saturated carbocycles. The van der Waals surface area contributed by atoms with Crippen molar-refractivity contribution in [2.45, 2.75) is 79.3 Å². The Hall–Kier alpha value is -1.06. The molecule has 0 amide bonds. The molecule has 4 atom stereocenters. The van der Waals surface area contributed by atoms with E-state index in [1.165, 1.54) is 12.8 Å². The van der Waals surface area contributed by atoms with Gasteiger partial charge in [0.25, 0.3) is 0 Å². The van der Waals surface area contributed by atoms with E-state index in [-0.39, 0.29) is 22.9 Å². The molecule has 136 valence electrons. The molecule has 1 aliphatic carbocycles. The quantitative estimate of drug-likeness (QED) is 0.747. The van der Waals surface area contributed by atoms with E-state index in [1.54, 1.807) is 0 Å². The maximum Gasteiger partial charge on any atom is 0.187 e. The van der Waals surface area contributed by atoms with Crippen LogP contribution in [-0.4, -0.2) is 37.1 Å². The molecule has 2 aliphatic heterocycles. The first-order valence-electron chi connectivity index (χ1n) is 9.57. The number of rotatable bonds is 2. The lowest BCUT2D eigenvalue weighted by Gasteiger charge is -2.30. The van der Waals surface area contributed by atoms with Crippen LogP contribution in [0, 0.1) is 22.7 Å². The second-order valence-electron chi connectivity index (χ2n) is 9.82. The molecule has 0 radical (unpaired) electrons. The molecule has 0 saturated heterocycles. The summed E-state index contributed by atoms with van der Waals surface area (Å²) in [7, 11) is 0. The van der Waals surface area contributed by atoms with Crippen LogP contribution in [0.3, 0.4) is 0 Å². The lowest BCUT2D eigenvalue weighted by molar-refractivity contribution is 0.204. The van der Waals surface area contributed by atoms with E-state index in [0.717, 1.165) is 37.9 Å². The van der Waals surface area contributed by atoms with E-state index in [1.807, 2.05) is 0 Å². The average Bonchev–Trinajstić information content (AvgIpc) is 3.16. The van der Waals surface area contributed by atoms with Crippen molar-refractivity contribution < 1.29 is 9.47 Å². The molecule has 0 aromatic heterocycles. The van der Waals surface area contributed by atoms with E-state index in [9.17, 15) is 0 Å². The van der Waals surface area contributed by atoms with Crippen molar-refractivity contribution >= 4 is 11.8 Å². The van der Waals surface area contributed by atoms with Crippen molar-refractivity contribution in [2.24, 2.45) is 32.7 Å². The third-order valence-electron chi connectivity index (χ3n) is 5.74. The molecule has 4 nitrogen and oxygen atoms in total. The highest BCUT2D eigenvalue weighted by atomic mass is 16.5. The Labute approximate surface area is 147 Å². The van der Waals surface area contributed by atoms with E-state index < -0.39 is 0 Å². The van der Waals surface area contributed by atoms with Crippen LogP contribution in [0.4, 0.5) is 0 Å². The molecule has 2 heterocycles. The Morgan fingerprint density at radius 2 is 1.08 bits per heavy atom. The van der Waals surface area contributed by atoms with Crippen LogP contribution >= 0.6 is 0 Å². The molecule has 0 aromatic carbocycles. The molecular weight excluding hydrogens is 300 g/mol. The summed E-state index contributed by atoms with van der Waals surface area (Å²) in [4.78, 5) is 9.91. The lowest BCUT2D eigenvalue weighted by Crippen LogP contribution is -2.33. The summed E-state index contributed by atoms with van der Waals surface area (Å²) >= 11 is 0. The summed E-state index contributed by atoms with van der Waals surface area (Å²) in [5, 5.41) is 0. The van der Waals surface area contributed by atoms with Crippen molar-refractivity contribution in [2.75, 3.05) is 13.2 Å². The molecular formula is C20H34N2O2. The normalized spacial score (nSPS) is 34.4. The topological polar surface area (TPSA) is 43.2 Å². The Morgan fingerprint density at radius 3 is 1.38 bits per heavy atom. The van der Waals surface area contributed by atoms with Gasteiger partial charge in [0.2, 0.25) is 0 Å². The van der Waals surface area contributed by atoms with Crippen LogP contribution in [0.5, 0.6) is 0 Å². The standard InChI is InChI=1S/C20H34N2O2/c1-19(2,3)15-11-23-17(21-15)13-9-7-8-10-14(13)18-22-16(12-24-18)20(4,5)6/h13-16H,7-12H2,1-6H3/t13-,14-,15-,16-/m0/s1. The van der Waals surface area contributed by atoms with Crippen LogP contribution in [-0.2, 0) is 9.47 Å². The van der Waals surface area contributed by atoms with Gasteiger partial charge in [0.05, 0.1) is 12.1 Å². The Bertz CT molecular complexity index is 477. The Balaban J connectivity index is 1.78. The fourth-order valence-corrected chi connectivity index (χ4v) is 3.80. The van der Waals surface area contributed by atoms with Crippen LogP contribution in [0.15, 0.2) is 9.98 Å². The van der Waals surface area contributed by atoms with Gasteiger partial charge in [-0.3, -0.25) is 0 Å². The SMILES string of the molecule is CC(C)(C)[C@@H]1COC([C@H]2CCCC[C@@H]2C2=N[C@H](C(C)(C)C)CO2)=N1. The van der Waals surface area contributed by atoms with Crippen molar-refractivity contribution in [1.82, 2.24) is 0 Å². The van der Waals surface area contributed by atoms with Crippen LogP contribution in [0.1, 0.15) is 67.2 Å². The third-order valence-corrected chi connectivity index (χ3v) is 5.74. The van der Waals surface area contributed by atoms with Gasteiger partial charge in [-0.15, -0.1) is 0 Å². The van der Waals surface area contributed by atoms with Gasteiger partial charge in [0, 0.05) is 11.8 Å². The van der Waals surface area contributed by atoms with E-state index in [0.29, 0.717) is 11.8 Å². The molecule has 4 heteroatoms. The molecule has 24 heavy (non-hydrogen) atoms. The minimum absolute atomic E-state index is 0.157. The molecule has 0 bridgehead atoms. The maximum atomic E-state index is 6.05. The molecule has 3 rings (SSSR count). The average molecular weight is 335 g/mol. The summed E-state index contributed by atoms with van der Waals surface area (Å²) < 4.78 is 12.1. The minimum atomic E-state index is 0.157. The largest absolute Gasteiger partial charge is 0.478 e. The van der Waals surface area contributed by atoms with Gasteiger partial charge in [-0.1, -0.05) is 54.4 Å². The molecule has 0 aromatic rings. The van der Waals surface area contributed by atoms with Gasteiger partial charge in [-0.2, -0.15) is 0 Å². The molecule has 0 spiro atoms. The summed E-state index contributed by atoms with van der Waals surface area (Å²) in [5.74, 6) is 2.63. The zero-order chi connectivity index (χ0) is 17.5. The van der Waals surface area contributed by atoms with Crippen LogP contribution in [0.2, 0.25) is 0 Å². The summed E-state index contributed by atoms with van der Waals surface area (Å²) in [5.41, 5.74) is 0.315. The summed E-state index contributed by atoms with van der Waals surface area (Å²) in [6.45, 7) is 14.9. The second-order valence-corrected chi connectivity index (χ2v) is 9.82. The van der Waals surface area contributed by atoms with Crippen molar-refractivity contribution in [3.63, 3.8) is 0 Å². The van der Waals surface area contributed by atoms with E-state index >= 15 is 0 Å². The lowest BCUT2D eigenvalue weighted by atomic mass is 9.78. The zero-order valence-electron chi connectivity index (χ0n) is 16.3. The smallest absolute Gasteiger partial charge is 0.187 e. The highest BCUT2D eigenvalue weighted by Gasteiger charge is 2.42. The first kappa shape index (κ1) is 17.8. The Morgan fingerprint density at radius 1 is 0.708 bits per heavy atom. The first-order valence-corrected chi connectivity index (χ1v) is 9.57. The van der Waals surface area contributed by atoms with Crippen LogP contribution < -0.4 is 0 Å². The molecule has 1 fully saturated rings. The van der Waals surface area contributed by atoms with Crippen molar-refractivity contribution in [3.05, 3.63) is 0 Å². The number of aliphatic imine (C=N–C) groups is 2. The fraction of sp³-hybridized carbons (Fsp3) is 0.900. The predicted molar refractivity (Wildman–Crippen MR) is 98.7 cm³/mol. The predicted octanol–water partition coefficient (Wildman–Crippen LogP) is 4.48. The second kappa shape index (κ2) is 6.34. The maximum absolute atomic E-state index is 6.05. The zero-order valence-corrected chi connectivity index (χ0v) is 16.3. The van der Waals surface area contributed by atoms with Gasteiger partial charge < -0.3 is 9.47 Å². The number of nitrogens with zero attached hydrogens (tertiary/aromatic N) is 2. The van der Waals surface area contributed by atoms with E-state index in [2.05, 4.69) is 41.5 Å². The van der Waals surface area contributed by atoms with Gasteiger partial charge in [0.1, 0.15) is 13.2 Å². The monoisotopic (exact) mass is 334 g/mol. The van der Waals surface area contributed by atoms with Crippen molar-refractivity contribution in [1.29, 1.82) is 0 Å². The van der Waals surface area contributed by atoms with Gasteiger partial charge >= 0.3 is 0 Å². The highest BCUT2D eigenvalue weighted by molar-refractivity contribution is 5.89. The third kappa shape index (κ3) is 3.62.